The number of ether oxygens (including phenoxy) is 1. The first-order chi connectivity index (χ1) is 15.0. The van der Waals surface area contributed by atoms with Crippen LogP contribution in [0.4, 0.5) is 5.69 Å². The van der Waals surface area contributed by atoms with Crippen LogP contribution < -0.4 is 5.32 Å². The molecule has 1 N–H and O–H groups in total. The zero-order valence-corrected chi connectivity index (χ0v) is 19.7. The number of esters is 1. The molecule has 2 atom stereocenters. The number of nitrogens with zero attached hydrogens (tertiary/aromatic N) is 1. The summed E-state index contributed by atoms with van der Waals surface area (Å²) in [5, 5.41) is 2.79. The van der Waals surface area contributed by atoms with E-state index in [4.69, 9.17) is 4.74 Å². The van der Waals surface area contributed by atoms with Crippen LogP contribution in [0, 0.1) is 22.7 Å². The van der Waals surface area contributed by atoms with E-state index in [1.807, 2.05) is 34.6 Å². The molecule has 7 heteroatoms. The zero-order chi connectivity index (χ0) is 23.7. The fourth-order valence-electron chi connectivity index (χ4n) is 4.75. The summed E-state index contributed by atoms with van der Waals surface area (Å²) in [6.45, 7) is 10.5. The maximum Gasteiger partial charge on any atom is 0.338 e. The van der Waals surface area contributed by atoms with Crippen LogP contribution in [0.2, 0.25) is 0 Å². The van der Waals surface area contributed by atoms with Crippen molar-refractivity contribution in [3.05, 3.63) is 29.8 Å². The van der Waals surface area contributed by atoms with E-state index in [1.54, 1.807) is 24.3 Å². The Kier molecular flexibility index (Phi) is 6.77. The monoisotopic (exact) mass is 442 g/mol. The van der Waals surface area contributed by atoms with E-state index in [-0.39, 0.29) is 47.9 Å². The van der Waals surface area contributed by atoms with Gasteiger partial charge in [0, 0.05) is 24.6 Å². The standard InChI is InChI=1S/C25H34N2O5/c1-16(2)15-32-22(30)17-8-10-18(11-9-17)26-20(28)7-6-14-27-21(29)19-12-13-25(5,23(27)31)24(19,3)4/h8-11,16,19H,6-7,12-15H2,1-5H3,(H,26,28). The van der Waals surface area contributed by atoms with Crippen LogP contribution in [0.3, 0.4) is 0 Å². The molecule has 2 aliphatic rings. The predicted octanol–water partition coefficient (Wildman–Crippen LogP) is 4.03. The lowest BCUT2D eigenvalue weighted by Gasteiger charge is -2.47. The Hall–Kier alpha value is -2.70. The normalized spacial score (nSPS) is 24.1. The van der Waals surface area contributed by atoms with E-state index in [2.05, 4.69) is 5.32 Å². The van der Waals surface area contributed by atoms with Gasteiger partial charge in [0.2, 0.25) is 17.7 Å². The van der Waals surface area contributed by atoms with Crippen molar-refractivity contribution in [2.24, 2.45) is 22.7 Å². The van der Waals surface area contributed by atoms with Crippen molar-refractivity contribution in [2.75, 3.05) is 18.5 Å². The van der Waals surface area contributed by atoms with Crippen LogP contribution in [0.5, 0.6) is 0 Å². The number of nitrogens with one attached hydrogen (secondary N) is 1. The van der Waals surface area contributed by atoms with Crippen LogP contribution in [0.25, 0.3) is 0 Å². The smallest absolute Gasteiger partial charge is 0.338 e. The summed E-state index contributed by atoms with van der Waals surface area (Å²) in [4.78, 5) is 51.6. The summed E-state index contributed by atoms with van der Waals surface area (Å²) in [5.41, 5.74) is 0.151. The topological polar surface area (TPSA) is 92.8 Å². The predicted molar refractivity (Wildman–Crippen MR) is 121 cm³/mol. The second kappa shape index (κ2) is 9.04. The molecule has 2 bridgehead atoms. The van der Waals surface area contributed by atoms with Gasteiger partial charge < -0.3 is 10.1 Å². The Morgan fingerprint density at radius 3 is 2.44 bits per heavy atom. The third-order valence-electron chi connectivity index (χ3n) is 7.25. The van der Waals surface area contributed by atoms with Gasteiger partial charge in [-0.3, -0.25) is 19.3 Å². The molecule has 1 aliphatic carbocycles. The number of benzene rings is 1. The molecule has 0 spiro atoms. The van der Waals surface area contributed by atoms with Gasteiger partial charge in [-0.15, -0.1) is 0 Å². The van der Waals surface area contributed by atoms with Gasteiger partial charge in [-0.2, -0.15) is 0 Å². The SMILES string of the molecule is CC(C)COC(=O)c1ccc(NC(=O)CCCN2C(=O)C3CCC(C)(C2=O)C3(C)C)cc1. The number of amides is 3. The molecule has 3 amide bonds. The molecule has 1 saturated carbocycles. The highest BCUT2D eigenvalue weighted by Gasteiger charge is 2.64. The van der Waals surface area contributed by atoms with Gasteiger partial charge in [0.05, 0.1) is 17.6 Å². The summed E-state index contributed by atoms with van der Waals surface area (Å²) in [5.74, 6) is -0.677. The molecule has 7 nitrogen and oxygen atoms in total. The minimum Gasteiger partial charge on any atom is -0.462 e. The molecule has 1 aromatic rings. The van der Waals surface area contributed by atoms with E-state index >= 15 is 0 Å². The lowest BCUT2D eigenvalue weighted by atomic mass is 9.62. The van der Waals surface area contributed by atoms with Crippen molar-refractivity contribution < 1.29 is 23.9 Å². The fraction of sp³-hybridized carbons (Fsp3) is 0.600. The number of hydrogen-bond donors (Lipinski definition) is 1. The number of rotatable bonds is 8. The first-order valence-electron chi connectivity index (χ1n) is 11.4. The Bertz CT molecular complexity index is 905. The van der Waals surface area contributed by atoms with Gasteiger partial charge in [-0.1, -0.05) is 34.6 Å². The second-order valence-electron chi connectivity index (χ2n) is 10.2. The average Bonchev–Trinajstić information content (AvgIpc) is 2.92. The molecular formula is C25H34N2O5. The average molecular weight is 443 g/mol. The molecule has 2 fully saturated rings. The van der Waals surface area contributed by atoms with Crippen molar-refractivity contribution in [3.8, 4) is 0 Å². The molecule has 0 radical (unpaired) electrons. The fourth-order valence-corrected chi connectivity index (χ4v) is 4.75. The summed E-state index contributed by atoms with van der Waals surface area (Å²) in [7, 11) is 0. The molecule has 1 aliphatic heterocycles. The lowest BCUT2D eigenvalue weighted by molar-refractivity contribution is -0.168. The van der Waals surface area contributed by atoms with Gasteiger partial charge in [0.1, 0.15) is 0 Å². The summed E-state index contributed by atoms with van der Waals surface area (Å²) in [6, 6.07) is 6.54. The largest absolute Gasteiger partial charge is 0.462 e. The van der Waals surface area contributed by atoms with Crippen molar-refractivity contribution in [1.29, 1.82) is 0 Å². The van der Waals surface area contributed by atoms with Crippen LogP contribution in [-0.2, 0) is 19.1 Å². The Morgan fingerprint density at radius 1 is 1.16 bits per heavy atom. The van der Waals surface area contributed by atoms with Crippen molar-refractivity contribution in [1.82, 2.24) is 4.90 Å². The van der Waals surface area contributed by atoms with Crippen LogP contribution in [-0.4, -0.2) is 41.7 Å². The highest BCUT2D eigenvalue weighted by molar-refractivity contribution is 6.03. The molecule has 2 unspecified atom stereocenters. The van der Waals surface area contributed by atoms with Gasteiger partial charge in [0.15, 0.2) is 0 Å². The van der Waals surface area contributed by atoms with Gasteiger partial charge >= 0.3 is 5.97 Å². The summed E-state index contributed by atoms with van der Waals surface area (Å²) in [6.07, 6.45) is 2.07. The van der Waals surface area contributed by atoms with Gasteiger partial charge in [-0.25, -0.2) is 4.79 Å². The van der Waals surface area contributed by atoms with E-state index in [0.717, 1.165) is 12.8 Å². The first kappa shape index (κ1) is 24.0. The summed E-state index contributed by atoms with van der Waals surface area (Å²) >= 11 is 0. The molecule has 32 heavy (non-hydrogen) atoms. The van der Waals surface area contributed by atoms with Crippen molar-refractivity contribution in [3.63, 3.8) is 0 Å². The highest BCUT2D eigenvalue weighted by Crippen LogP contribution is 2.60. The van der Waals surface area contributed by atoms with Crippen LogP contribution in [0.15, 0.2) is 24.3 Å². The van der Waals surface area contributed by atoms with Gasteiger partial charge in [-0.05, 0) is 54.9 Å². The van der Waals surface area contributed by atoms with Gasteiger partial charge in [0.25, 0.3) is 0 Å². The third kappa shape index (κ3) is 4.43. The van der Waals surface area contributed by atoms with Crippen molar-refractivity contribution in [2.45, 2.75) is 60.3 Å². The molecule has 174 valence electrons. The van der Waals surface area contributed by atoms with E-state index in [1.165, 1.54) is 4.90 Å². The lowest BCUT2D eigenvalue weighted by Crippen LogP contribution is -2.59. The van der Waals surface area contributed by atoms with Crippen LogP contribution >= 0.6 is 0 Å². The van der Waals surface area contributed by atoms with Crippen molar-refractivity contribution >= 4 is 29.4 Å². The number of piperidine rings is 1. The van der Waals surface area contributed by atoms with Crippen LogP contribution in [0.1, 0.15) is 70.7 Å². The first-order valence-corrected chi connectivity index (χ1v) is 11.4. The van der Waals surface area contributed by atoms with E-state index in [9.17, 15) is 19.2 Å². The number of carbonyl (C=O) groups is 4. The number of hydrogen-bond acceptors (Lipinski definition) is 5. The Morgan fingerprint density at radius 2 is 1.81 bits per heavy atom. The summed E-state index contributed by atoms with van der Waals surface area (Å²) < 4.78 is 5.19. The number of fused-ring (bicyclic) bond motifs is 2. The minimum atomic E-state index is -0.522. The molecular weight excluding hydrogens is 408 g/mol. The maximum absolute atomic E-state index is 13.0. The van der Waals surface area contributed by atoms with E-state index in [0.29, 0.717) is 24.3 Å². The number of carbonyl (C=O) groups excluding carboxylic acids is 4. The molecule has 1 heterocycles. The maximum atomic E-state index is 13.0. The Balaban J connectivity index is 1.49. The highest BCUT2D eigenvalue weighted by atomic mass is 16.5. The third-order valence-corrected chi connectivity index (χ3v) is 7.25. The van der Waals surface area contributed by atoms with E-state index < -0.39 is 11.4 Å². The number of imide groups is 1. The molecule has 3 rings (SSSR count). The number of anilines is 1. The Labute approximate surface area is 189 Å². The minimum absolute atomic E-state index is 0.102. The molecule has 0 aromatic heterocycles. The number of likely N-dealkylation sites (tertiary alicyclic amines) is 1. The second-order valence-corrected chi connectivity index (χ2v) is 10.2. The quantitative estimate of drug-likeness (QED) is 0.485. The zero-order valence-electron chi connectivity index (χ0n) is 19.7. The molecule has 1 saturated heterocycles. The molecule has 1 aromatic carbocycles.